The average Bonchev–Trinajstić information content (AvgIpc) is 2.67. The molecule has 0 amide bonds. The van der Waals surface area contributed by atoms with E-state index in [4.69, 9.17) is 4.74 Å². The molecule has 0 radical (unpaired) electrons. The molecule has 1 atom stereocenters. The number of hydrogen-bond donors (Lipinski definition) is 0. The van der Waals surface area contributed by atoms with Gasteiger partial charge >= 0.3 is 5.97 Å². The van der Waals surface area contributed by atoms with Crippen LogP contribution in [0.15, 0.2) is 91.0 Å². The number of ether oxygens (including phenoxy) is 1. The highest BCUT2D eigenvalue weighted by atomic mass is 79.9. The Morgan fingerprint density at radius 1 is 0.667 bits per heavy atom. The monoisotopic (exact) mass is 380 g/mol. The molecule has 0 aliphatic rings. The molecule has 3 heteroatoms. The van der Waals surface area contributed by atoms with Crippen LogP contribution in [0, 0.1) is 0 Å². The number of esters is 1. The van der Waals surface area contributed by atoms with Crippen molar-refractivity contribution in [1.29, 1.82) is 0 Å². The van der Waals surface area contributed by atoms with Gasteiger partial charge in [0.05, 0.1) is 0 Å². The molecule has 2 nitrogen and oxygen atoms in total. The molecule has 24 heavy (non-hydrogen) atoms. The Morgan fingerprint density at radius 2 is 1.04 bits per heavy atom. The molecule has 0 bridgehead atoms. The molecule has 3 aromatic carbocycles. The van der Waals surface area contributed by atoms with Crippen molar-refractivity contribution in [2.75, 3.05) is 0 Å². The van der Waals surface area contributed by atoms with Crippen molar-refractivity contribution in [1.82, 2.24) is 0 Å². The van der Waals surface area contributed by atoms with Gasteiger partial charge in [-0.25, -0.2) is 0 Å². The molecule has 0 saturated carbocycles. The quantitative estimate of drug-likeness (QED) is 0.434. The predicted molar refractivity (Wildman–Crippen MR) is 98.9 cm³/mol. The Balaban J connectivity index is 1.86. The summed E-state index contributed by atoms with van der Waals surface area (Å²) >= 11 is 3.45. The van der Waals surface area contributed by atoms with Crippen molar-refractivity contribution in [3.63, 3.8) is 0 Å². The smallest absolute Gasteiger partial charge is 0.325 e. The lowest BCUT2D eigenvalue weighted by Crippen LogP contribution is -2.16. The summed E-state index contributed by atoms with van der Waals surface area (Å²) in [5.74, 6) is -0.307. The van der Waals surface area contributed by atoms with Crippen LogP contribution in [-0.4, -0.2) is 5.97 Å². The summed E-state index contributed by atoms with van der Waals surface area (Å²) in [4.78, 5) is 12.1. The van der Waals surface area contributed by atoms with Crippen molar-refractivity contribution in [2.24, 2.45) is 0 Å². The SMILES string of the molecule is O=C(OC(c1ccccc1)c1ccccc1)C(Br)c1ccccc1. The highest BCUT2D eigenvalue weighted by molar-refractivity contribution is 9.09. The summed E-state index contributed by atoms with van der Waals surface area (Å²) in [6.07, 6.45) is -0.427. The Bertz CT molecular complexity index is 733. The van der Waals surface area contributed by atoms with Crippen LogP contribution < -0.4 is 0 Å². The largest absolute Gasteiger partial charge is 0.451 e. The molecule has 0 fully saturated rings. The lowest BCUT2D eigenvalue weighted by molar-refractivity contribution is -0.146. The predicted octanol–water partition coefficient (Wildman–Crippen LogP) is 5.46. The highest BCUT2D eigenvalue weighted by Gasteiger charge is 2.24. The zero-order chi connectivity index (χ0) is 16.8. The van der Waals surface area contributed by atoms with Gasteiger partial charge < -0.3 is 4.74 Å². The van der Waals surface area contributed by atoms with E-state index in [1.165, 1.54) is 0 Å². The van der Waals surface area contributed by atoms with E-state index in [2.05, 4.69) is 15.9 Å². The van der Waals surface area contributed by atoms with Crippen LogP contribution in [0.3, 0.4) is 0 Å². The van der Waals surface area contributed by atoms with Crippen molar-refractivity contribution >= 4 is 21.9 Å². The van der Waals surface area contributed by atoms with Gasteiger partial charge in [0, 0.05) is 0 Å². The van der Waals surface area contributed by atoms with Crippen LogP contribution in [0.4, 0.5) is 0 Å². The van der Waals surface area contributed by atoms with Crippen LogP contribution in [0.25, 0.3) is 0 Å². The fourth-order valence-electron chi connectivity index (χ4n) is 2.52. The summed E-state index contributed by atoms with van der Waals surface area (Å²) in [6, 6.07) is 29.1. The third-order valence-corrected chi connectivity index (χ3v) is 4.64. The Labute approximate surface area is 150 Å². The first kappa shape index (κ1) is 16.5. The van der Waals surface area contributed by atoms with Gasteiger partial charge in [-0.15, -0.1) is 0 Å². The van der Waals surface area contributed by atoms with Crippen LogP contribution in [-0.2, 0) is 9.53 Å². The van der Waals surface area contributed by atoms with Crippen molar-refractivity contribution in [3.8, 4) is 0 Å². The Kier molecular flexibility index (Phi) is 5.44. The van der Waals surface area contributed by atoms with Gasteiger partial charge in [0.2, 0.25) is 0 Å². The van der Waals surface area contributed by atoms with Crippen LogP contribution in [0.5, 0.6) is 0 Å². The van der Waals surface area contributed by atoms with E-state index >= 15 is 0 Å². The van der Waals surface area contributed by atoms with Gasteiger partial charge in [0.25, 0.3) is 0 Å². The molecular formula is C21H17BrO2. The lowest BCUT2D eigenvalue weighted by Gasteiger charge is -2.20. The summed E-state index contributed by atoms with van der Waals surface area (Å²) in [7, 11) is 0. The van der Waals surface area contributed by atoms with E-state index in [-0.39, 0.29) is 5.97 Å². The van der Waals surface area contributed by atoms with Gasteiger partial charge in [0.1, 0.15) is 4.83 Å². The summed E-state index contributed by atoms with van der Waals surface area (Å²) in [6.45, 7) is 0. The molecule has 120 valence electrons. The van der Waals surface area contributed by atoms with Gasteiger partial charge in [-0.1, -0.05) is 107 Å². The highest BCUT2D eigenvalue weighted by Crippen LogP contribution is 2.31. The van der Waals surface area contributed by atoms with E-state index in [1.54, 1.807) is 0 Å². The van der Waals surface area contributed by atoms with E-state index in [0.29, 0.717) is 0 Å². The van der Waals surface area contributed by atoms with E-state index < -0.39 is 10.9 Å². The van der Waals surface area contributed by atoms with Crippen LogP contribution >= 0.6 is 15.9 Å². The number of hydrogen-bond acceptors (Lipinski definition) is 2. The summed E-state index contributed by atoms with van der Waals surface area (Å²) in [5, 5.41) is 0. The minimum Gasteiger partial charge on any atom is -0.451 e. The summed E-state index contributed by atoms with van der Waals surface area (Å²) in [5.41, 5.74) is 2.77. The molecule has 0 aromatic heterocycles. The first-order valence-electron chi connectivity index (χ1n) is 7.75. The second-order valence-corrected chi connectivity index (χ2v) is 6.33. The van der Waals surface area contributed by atoms with Gasteiger partial charge in [-0.3, -0.25) is 4.79 Å². The molecular weight excluding hydrogens is 364 g/mol. The maximum Gasteiger partial charge on any atom is 0.325 e. The molecule has 0 aliphatic carbocycles. The molecule has 0 N–H and O–H groups in total. The first-order chi connectivity index (χ1) is 11.8. The third kappa shape index (κ3) is 3.92. The minimum absolute atomic E-state index is 0.307. The third-order valence-electron chi connectivity index (χ3n) is 3.74. The Morgan fingerprint density at radius 3 is 1.46 bits per heavy atom. The second-order valence-electron chi connectivity index (χ2n) is 5.41. The zero-order valence-electron chi connectivity index (χ0n) is 13.0. The van der Waals surface area contributed by atoms with E-state index in [1.807, 2.05) is 91.0 Å². The Hall–Kier alpha value is -2.39. The fourth-order valence-corrected chi connectivity index (χ4v) is 2.93. The molecule has 3 aromatic rings. The average molecular weight is 381 g/mol. The maximum absolute atomic E-state index is 12.6. The fraction of sp³-hybridized carbons (Fsp3) is 0.0952. The molecule has 0 saturated heterocycles. The molecule has 0 heterocycles. The van der Waals surface area contributed by atoms with Gasteiger partial charge in [0.15, 0.2) is 6.10 Å². The van der Waals surface area contributed by atoms with Gasteiger partial charge in [-0.05, 0) is 16.7 Å². The topological polar surface area (TPSA) is 26.3 Å². The number of benzene rings is 3. The normalized spacial score (nSPS) is 11.9. The standard InChI is InChI=1S/C21H17BrO2/c22-19(16-10-4-1-5-11-16)21(23)24-20(17-12-6-2-7-13-17)18-14-8-3-9-15-18/h1-15,19-20H. The molecule has 3 rings (SSSR count). The first-order valence-corrected chi connectivity index (χ1v) is 8.66. The van der Waals surface area contributed by atoms with Crippen LogP contribution in [0.2, 0.25) is 0 Å². The summed E-state index contributed by atoms with van der Waals surface area (Å²) < 4.78 is 5.85. The maximum atomic E-state index is 12.6. The van der Waals surface area contributed by atoms with Gasteiger partial charge in [-0.2, -0.15) is 0 Å². The number of carbonyl (C=O) groups excluding carboxylic acids is 1. The molecule has 0 aliphatic heterocycles. The van der Waals surface area contributed by atoms with Crippen molar-refractivity contribution < 1.29 is 9.53 Å². The van der Waals surface area contributed by atoms with E-state index in [9.17, 15) is 4.79 Å². The van der Waals surface area contributed by atoms with E-state index in [0.717, 1.165) is 16.7 Å². The van der Waals surface area contributed by atoms with Crippen molar-refractivity contribution in [3.05, 3.63) is 108 Å². The zero-order valence-corrected chi connectivity index (χ0v) is 14.6. The number of halogens is 1. The minimum atomic E-state index is -0.492. The molecule has 0 spiro atoms. The number of alkyl halides is 1. The lowest BCUT2D eigenvalue weighted by atomic mass is 10.0. The van der Waals surface area contributed by atoms with Crippen LogP contribution in [0.1, 0.15) is 27.6 Å². The number of rotatable bonds is 5. The van der Waals surface area contributed by atoms with Crippen molar-refractivity contribution in [2.45, 2.75) is 10.9 Å². The molecule has 1 unspecified atom stereocenters. The second kappa shape index (κ2) is 7.93. The number of carbonyl (C=O) groups is 1.